The van der Waals surface area contributed by atoms with E-state index in [9.17, 15) is 0 Å². The summed E-state index contributed by atoms with van der Waals surface area (Å²) in [5, 5.41) is 3.46. The van der Waals surface area contributed by atoms with Crippen molar-refractivity contribution in [2.75, 3.05) is 19.6 Å². The van der Waals surface area contributed by atoms with Gasteiger partial charge in [-0.05, 0) is 38.5 Å². The van der Waals surface area contributed by atoms with Gasteiger partial charge in [-0.25, -0.2) is 0 Å². The van der Waals surface area contributed by atoms with Crippen molar-refractivity contribution < 1.29 is 0 Å². The van der Waals surface area contributed by atoms with Gasteiger partial charge in [-0.1, -0.05) is 0 Å². The Kier molecular flexibility index (Phi) is 3.26. The lowest BCUT2D eigenvalue weighted by molar-refractivity contribution is 0.0516. The zero-order chi connectivity index (χ0) is 11.6. The van der Waals surface area contributed by atoms with Gasteiger partial charge in [0.2, 0.25) is 0 Å². The van der Waals surface area contributed by atoms with E-state index in [4.69, 9.17) is 0 Å². The first-order valence-electron chi connectivity index (χ1n) is 5.99. The van der Waals surface area contributed by atoms with Gasteiger partial charge in [-0.2, -0.15) is 0 Å². The van der Waals surface area contributed by atoms with Crippen LogP contribution in [0.25, 0.3) is 0 Å². The van der Waals surface area contributed by atoms with Crippen molar-refractivity contribution in [3.63, 3.8) is 0 Å². The first-order chi connectivity index (χ1) is 7.61. The molecule has 0 saturated carbocycles. The van der Waals surface area contributed by atoms with Crippen LogP contribution in [0.1, 0.15) is 32.4 Å². The highest BCUT2D eigenvalue weighted by Crippen LogP contribution is 2.28. The number of nitrogens with one attached hydrogen (secondary N) is 1. The molecule has 88 valence electrons. The molecule has 16 heavy (non-hydrogen) atoms. The van der Waals surface area contributed by atoms with E-state index in [-0.39, 0.29) is 5.54 Å². The van der Waals surface area contributed by atoms with Crippen LogP contribution in [0.4, 0.5) is 0 Å². The molecule has 0 bridgehead atoms. The van der Waals surface area contributed by atoms with Crippen molar-refractivity contribution in [3.8, 4) is 0 Å². The van der Waals surface area contributed by atoms with E-state index in [2.05, 4.69) is 48.1 Å². The second-order valence-corrected chi connectivity index (χ2v) is 5.14. The second kappa shape index (κ2) is 4.52. The lowest BCUT2D eigenvalue weighted by Crippen LogP contribution is -2.58. The Morgan fingerprint density at radius 2 is 2.06 bits per heavy atom. The Labute approximate surface area is 97.9 Å². The number of hydrogen-bond acceptors (Lipinski definition) is 3. The first kappa shape index (κ1) is 11.6. The Bertz CT molecular complexity index is 334. The number of piperazine rings is 1. The van der Waals surface area contributed by atoms with Crippen LogP contribution < -0.4 is 5.32 Å². The van der Waals surface area contributed by atoms with E-state index < -0.39 is 0 Å². The smallest absolute Gasteiger partial charge is 0.0327 e. The van der Waals surface area contributed by atoms with Crippen LogP contribution in [0.5, 0.6) is 0 Å². The lowest BCUT2D eigenvalue weighted by Gasteiger charge is -2.46. The van der Waals surface area contributed by atoms with E-state index >= 15 is 0 Å². The molecule has 1 atom stereocenters. The van der Waals surface area contributed by atoms with Crippen LogP contribution in [0.3, 0.4) is 0 Å². The predicted molar refractivity (Wildman–Crippen MR) is 66.3 cm³/mol. The number of pyridine rings is 1. The Morgan fingerprint density at radius 1 is 1.38 bits per heavy atom. The molecule has 2 rings (SSSR count). The number of nitrogens with zero attached hydrogens (tertiary/aromatic N) is 2. The molecule has 2 heterocycles. The summed E-state index contributed by atoms with van der Waals surface area (Å²) in [6, 6.07) is 4.69. The van der Waals surface area contributed by atoms with Crippen LogP contribution in [0.15, 0.2) is 24.5 Å². The molecule has 1 aliphatic rings. The summed E-state index contributed by atoms with van der Waals surface area (Å²) >= 11 is 0. The maximum atomic E-state index is 4.08. The van der Waals surface area contributed by atoms with E-state index in [0.29, 0.717) is 6.04 Å². The molecule has 1 aliphatic heterocycles. The highest BCUT2D eigenvalue weighted by atomic mass is 15.3. The molecule has 3 nitrogen and oxygen atoms in total. The van der Waals surface area contributed by atoms with Gasteiger partial charge in [0.1, 0.15) is 0 Å². The van der Waals surface area contributed by atoms with Crippen LogP contribution in [0, 0.1) is 0 Å². The van der Waals surface area contributed by atoms with Gasteiger partial charge in [0.05, 0.1) is 0 Å². The standard InChI is InChI=1S/C13H21N3/c1-11(12-4-6-14-7-5-12)16-9-8-15-10-13(16,2)3/h4-7,11,15H,8-10H2,1-3H3. The van der Waals surface area contributed by atoms with Crippen molar-refractivity contribution in [1.82, 2.24) is 15.2 Å². The van der Waals surface area contributed by atoms with Crippen molar-refractivity contribution in [2.24, 2.45) is 0 Å². The molecular weight excluding hydrogens is 198 g/mol. The SMILES string of the molecule is CC(c1ccncc1)N1CCNCC1(C)C. The lowest BCUT2D eigenvalue weighted by atomic mass is 9.95. The minimum Gasteiger partial charge on any atom is -0.314 e. The number of rotatable bonds is 2. The molecule has 3 heteroatoms. The van der Waals surface area contributed by atoms with Crippen molar-refractivity contribution in [2.45, 2.75) is 32.4 Å². The normalized spacial score (nSPS) is 22.9. The summed E-state index contributed by atoms with van der Waals surface area (Å²) < 4.78 is 0. The molecule has 1 N–H and O–H groups in total. The van der Waals surface area contributed by atoms with Crippen molar-refractivity contribution >= 4 is 0 Å². The van der Waals surface area contributed by atoms with Gasteiger partial charge in [-0.3, -0.25) is 9.88 Å². The molecular formula is C13H21N3. The topological polar surface area (TPSA) is 28.2 Å². The molecule has 1 aromatic rings. The summed E-state index contributed by atoms with van der Waals surface area (Å²) in [4.78, 5) is 6.65. The van der Waals surface area contributed by atoms with E-state index in [1.807, 2.05) is 12.4 Å². The fraction of sp³-hybridized carbons (Fsp3) is 0.615. The van der Waals surface area contributed by atoms with Gasteiger partial charge in [0.15, 0.2) is 0 Å². The average molecular weight is 219 g/mol. The minimum atomic E-state index is 0.223. The van der Waals surface area contributed by atoms with E-state index in [0.717, 1.165) is 19.6 Å². The van der Waals surface area contributed by atoms with Crippen LogP contribution in [0.2, 0.25) is 0 Å². The van der Waals surface area contributed by atoms with Gasteiger partial charge < -0.3 is 5.32 Å². The summed E-state index contributed by atoms with van der Waals surface area (Å²) in [6.07, 6.45) is 3.75. The molecule has 0 aromatic carbocycles. The van der Waals surface area contributed by atoms with Gasteiger partial charge in [0.25, 0.3) is 0 Å². The fourth-order valence-electron chi connectivity index (χ4n) is 2.54. The molecule has 1 unspecified atom stereocenters. The third-order valence-corrected chi connectivity index (χ3v) is 3.52. The Morgan fingerprint density at radius 3 is 2.69 bits per heavy atom. The summed E-state index contributed by atoms with van der Waals surface area (Å²) in [5.74, 6) is 0. The van der Waals surface area contributed by atoms with E-state index in [1.54, 1.807) is 0 Å². The minimum absolute atomic E-state index is 0.223. The maximum Gasteiger partial charge on any atom is 0.0327 e. The van der Waals surface area contributed by atoms with Crippen LogP contribution in [-0.2, 0) is 0 Å². The van der Waals surface area contributed by atoms with Gasteiger partial charge in [0, 0.05) is 43.6 Å². The number of hydrogen-bond donors (Lipinski definition) is 1. The second-order valence-electron chi connectivity index (χ2n) is 5.14. The average Bonchev–Trinajstić information content (AvgIpc) is 2.29. The third kappa shape index (κ3) is 2.25. The molecule has 0 radical (unpaired) electrons. The highest BCUT2D eigenvalue weighted by molar-refractivity contribution is 5.15. The predicted octanol–water partition coefficient (Wildman–Crippen LogP) is 1.83. The molecule has 1 saturated heterocycles. The van der Waals surface area contributed by atoms with Crippen molar-refractivity contribution in [3.05, 3.63) is 30.1 Å². The first-order valence-corrected chi connectivity index (χ1v) is 5.99. The molecule has 1 aromatic heterocycles. The van der Waals surface area contributed by atoms with Crippen LogP contribution >= 0.6 is 0 Å². The maximum absolute atomic E-state index is 4.08. The molecule has 1 fully saturated rings. The third-order valence-electron chi connectivity index (χ3n) is 3.52. The zero-order valence-electron chi connectivity index (χ0n) is 10.4. The Balaban J connectivity index is 2.17. The summed E-state index contributed by atoms with van der Waals surface area (Å²) in [7, 11) is 0. The molecule has 0 aliphatic carbocycles. The Hall–Kier alpha value is -0.930. The van der Waals surface area contributed by atoms with Crippen molar-refractivity contribution in [1.29, 1.82) is 0 Å². The zero-order valence-corrected chi connectivity index (χ0v) is 10.4. The summed E-state index contributed by atoms with van der Waals surface area (Å²) in [5.41, 5.74) is 1.57. The highest BCUT2D eigenvalue weighted by Gasteiger charge is 2.33. The quantitative estimate of drug-likeness (QED) is 0.822. The fourth-order valence-corrected chi connectivity index (χ4v) is 2.54. The summed E-state index contributed by atoms with van der Waals surface area (Å²) in [6.45, 7) is 10.1. The van der Waals surface area contributed by atoms with E-state index in [1.165, 1.54) is 5.56 Å². The number of aromatic nitrogens is 1. The van der Waals surface area contributed by atoms with Gasteiger partial charge in [-0.15, -0.1) is 0 Å². The molecule has 0 spiro atoms. The van der Waals surface area contributed by atoms with Crippen LogP contribution in [-0.4, -0.2) is 35.1 Å². The molecule has 0 amide bonds. The van der Waals surface area contributed by atoms with Gasteiger partial charge >= 0.3 is 0 Å². The monoisotopic (exact) mass is 219 g/mol. The largest absolute Gasteiger partial charge is 0.314 e.